The lowest BCUT2D eigenvalue weighted by Gasteiger charge is -2.38. The van der Waals surface area contributed by atoms with Crippen LogP contribution in [-0.2, 0) is 0 Å². The Kier molecular flexibility index (Phi) is 5.91. The first-order valence-electron chi connectivity index (χ1n) is 11.5. The summed E-state index contributed by atoms with van der Waals surface area (Å²) in [5.74, 6) is 3.06. The number of aromatic nitrogens is 1. The molecule has 0 spiro atoms. The van der Waals surface area contributed by atoms with Crippen LogP contribution < -0.4 is 9.47 Å². The Morgan fingerprint density at radius 1 is 0.971 bits per heavy atom. The molecule has 1 N–H and O–H groups in total. The number of ether oxygens (including phenoxy) is 2. The van der Waals surface area contributed by atoms with Gasteiger partial charge in [0.15, 0.2) is 11.7 Å². The molecule has 8 heteroatoms. The second kappa shape index (κ2) is 9.02. The van der Waals surface area contributed by atoms with Crippen molar-refractivity contribution < 1.29 is 23.9 Å². The van der Waals surface area contributed by atoms with Crippen molar-refractivity contribution in [3.63, 3.8) is 0 Å². The molecule has 2 aliphatic heterocycles. The molecule has 3 heterocycles. The van der Waals surface area contributed by atoms with Crippen LogP contribution in [0.4, 0.5) is 4.79 Å². The number of fused-ring (bicyclic) bond motifs is 2. The molecule has 5 rings (SSSR count). The number of carbonyl (C=O) groups excluding carboxylic acids is 1. The fourth-order valence-corrected chi connectivity index (χ4v) is 5.25. The van der Waals surface area contributed by atoms with Gasteiger partial charge in [-0.15, -0.1) is 0 Å². The number of rotatable bonds is 5. The number of piperidine rings is 1. The van der Waals surface area contributed by atoms with Crippen molar-refractivity contribution >= 4 is 6.03 Å². The highest BCUT2D eigenvalue weighted by Gasteiger charge is 2.45. The van der Waals surface area contributed by atoms with Gasteiger partial charge in [0.1, 0.15) is 17.2 Å². The summed E-state index contributed by atoms with van der Waals surface area (Å²) < 4.78 is 17.1. The van der Waals surface area contributed by atoms with Gasteiger partial charge >= 0.3 is 6.03 Å². The summed E-state index contributed by atoms with van der Waals surface area (Å²) in [5, 5.41) is 10.4. The molecule has 1 aromatic heterocycles. The number of nitrogens with zero attached hydrogens (tertiary/aromatic N) is 3. The predicted molar refractivity (Wildman–Crippen MR) is 126 cm³/mol. The molecule has 2 unspecified atom stereocenters. The van der Waals surface area contributed by atoms with Gasteiger partial charge in [-0.1, -0.05) is 0 Å². The molecular weight excluding hydrogens is 434 g/mol. The molecule has 34 heavy (non-hydrogen) atoms. The van der Waals surface area contributed by atoms with Crippen LogP contribution in [0, 0.1) is 0 Å². The van der Waals surface area contributed by atoms with Crippen LogP contribution in [0.25, 0.3) is 22.6 Å². The SMILES string of the molecule is COc1ccc(-c2nc(C3CC4CCC(C3)N4C(=O)N(C)O)oc2-c2ccc(OC)cc2)cc1. The second-order valence-corrected chi connectivity index (χ2v) is 8.95. The van der Waals surface area contributed by atoms with Crippen LogP contribution in [0.1, 0.15) is 37.5 Å². The van der Waals surface area contributed by atoms with Crippen LogP contribution in [0.5, 0.6) is 11.5 Å². The standard InChI is InChI=1S/C26H29N3O5/c1-28(31)26(30)29-19-8-9-20(29)15-18(14-19)25-27-23(16-4-10-21(32-2)11-5-16)24(34-25)17-6-12-22(33-3)13-7-17/h4-7,10-13,18-20,31H,8-9,14-15H2,1-3H3. The molecule has 0 radical (unpaired) electrons. The highest BCUT2D eigenvalue weighted by atomic mass is 16.5. The molecular formula is C26H29N3O5. The van der Waals surface area contributed by atoms with Gasteiger partial charge in [0.05, 0.1) is 14.2 Å². The van der Waals surface area contributed by atoms with E-state index in [-0.39, 0.29) is 24.0 Å². The van der Waals surface area contributed by atoms with Gasteiger partial charge in [-0.05, 0) is 74.2 Å². The fraction of sp³-hybridized carbons (Fsp3) is 0.385. The number of hydrogen-bond acceptors (Lipinski definition) is 6. The Morgan fingerprint density at radius 2 is 1.50 bits per heavy atom. The molecule has 0 aliphatic carbocycles. The minimum Gasteiger partial charge on any atom is -0.497 e. The van der Waals surface area contributed by atoms with Crippen molar-refractivity contribution in [2.75, 3.05) is 21.3 Å². The topological polar surface area (TPSA) is 88.3 Å². The van der Waals surface area contributed by atoms with Gasteiger partial charge < -0.3 is 18.8 Å². The molecule has 2 saturated heterocycles. The number of urea groups is 1. The van der Waals surface area contributed by atoms with Crippen molar-refractivity contribution in [3.8, 4) is 34.1 Å². The number of hydroxylamine groups is 2. The first-order chi connectivity index (χ1) is 16.5. The molecule has 2 amide bonds. The summed E-state index contributed by atoms with van der Waals surface area (Å²) in [6, 6.07) is 15.4. The molecule has 2 bridgehead atoms. The lowest BCUT2D eigenvalue weighted by Crippen LogP contribution is -2.50. The highest BCUT2D eigenvalue weighted by Crippen LogP contribution is 2.45. The Labute approximate surface area is 198 Å². The summed E-state index contributed by atoms with van der Waals surface area (Å²) in [4.78, 5) is 19.3. The average Bonchev–Trinajstić information content (AvgIpc) is 3.42. The van der Waals surface area contributed by atoms with E-state index in [1.807, 2.05) is 53.4 Å². The monoisotopic (exact) mass is 463 g/mol. The quantitative estimate of drug-likeness (QED) is 0.414. The lowest BCUT2D eigenvalue weighted by atomic mass is 9.91. The number of oxazole rings is 1. The van der Waals surface area contributed by atoms with E-state index >= 15 is 0 Å². The van der Waals surface area contributed by atoms with Gasteiger partial charge in [0, 0.05) is 36.2 Å². The van der Waals surface area contributed by atoms with E-state index < -0.39 is 0 Å². The van der Waals surface area contributed by atoms with Gasteiger partial charge in [0.2, 0.25) is 0 Å². The van der Waals surface area contributed by atoms with Gasteiger partial charge in [-0.2, -0.15) is 0 Å². The van der Waals surface area contributed by atoms with Crippen molar-refractivity contribution in [1.82, 2.24) is 14.9 Å². The maximum absolute atomic E-state index is 12.5. The zero-order valence-electron chi connectivity index (χ0n) is 19.6. The molecule has 2 aromatic carbocycles. The van der Waals surface area contributed by atoms with Crippen LogP contribution in [-0.4, -0.2) is 59.5 Å². The third-order valence-electron chi connectivity index (χ3n) is 6.94. The second-order valence-electron chi connectivity index (χ2n) is 8.95. The maximum atomic E-state index is 12.5. The predicted octanol–water partition coefficient (Wildman–Crippen LogP) is 5.18. The molecule has 3 aromatic rings. The number of benzene rings is 2. The van der Waals surface area contributed by atoms with Crippen molar-refractivity contribution in [2.45, 2.75) is 43.7 Å². The molecule has 2 atom stereocenters. The Balaban J connectivity index is 1.50. The minimum atomic E-state index is -0.337. The average molecular weight is 464 g/mol. The third kappa shape index (κ3) is 3.98. The van der Waals surface area contributed by atoms with Gasteiger partial charge in [-0.25, -0.2) is 14.8 Å². The smallest absolute Gasteiger partial charge is 0.343 e. The number of amides is 2. The van der Waals surface area contributed by atoms with E-state index in [1.54, 1.807) is 14.2 Å². The van der Waals surface area contributed by atoms with Gasteiger partial charge in [0.25, 0.3) is 0 Å². The zero-order valence-corrected chi connectivity index (χ0v) is 19.6. The maximum Gasteiger partial charge on any atom is 0.343 e. The fourth-order valence-electron chi connectivity index (χ4n) is 5.25. The zero-order chi connectivity index (χ0) is 23.8. The minimum absolute atomic E-state index is 0.0756. The molecule has 0 saturated carbocycles. The van der Waals surface area contributed by atoms with E-state index in [2.05, 4.69) is 0 Å². The normalized spacial score (nSPS) is 21.4. The van der Waals surface area contributed by atoms with E-state index in [0.717, 1.165) is 54.0 Å². The van der Waals surface area contributed by atoms with Gasteiger partial charge in [-0.3, -0.25) is 5.21 Å². The number of methoxy groups -OCH3 is 2. The molecule has 2 fully saturated rings. The Morgan fingerprint density at radius 3 is 2.00 bits per heavy atom. The van der Waals surface area contributed by atoms with Crippen molar-refractivity contribution in [3.05, 3.63) is 54.4 Å². The first kappa shape index (κ1) is 22.3. The van der Waals surface area contributed by atoms with Crippen molar-refractivity contribution in [1.29, 1.82) is 0 Å². The summed E-state index contributed by atoms with van der Waals surface area (Å²) in [6.45, 7) is 0. The molecule has 2 aliphatic rings. The van der Waals surface area contributed by atoms with Crippen molar-refractivity contribution in [2.24, 2.45) is 0 Å². The Hall–Kier alpha value is -3.52. The Bertz CT molecular complexity index is 1080. The molecule has 178 valence electrons. The van der Waals surface area contributed by atoms with Crippen LogP contribution in [0.3, 0.4) is 0 Å². The lowest BCUT2D eigenvalue weighted by molar-refractivity contribution is -0.0434. The third-order valence-corrected chi connectivity index (χ3v) is 6.94. The summed E-state index contributed by atoms with van der Waals surface area (Å²) in [5.41, 5.74) is 2.64. The van der Waals surface area contributed by atoms with Crippen LogP contribution in [0.2, 0.25) is 0 Å². The number of carbonyl (C=O) groups is 1. The molecule has 8 nitrogen and oxygen atoms in total. The summed E-state index contributed by atoms with van der Waals surface area (Å²) in [7, 11) is 4.67. The van der Waals surface area contributed by atoms with E-state index in [1.165, 1.54) is 7.05 Å². The highest BCUT2D eigenvalue weighted by molar-refractivity contribution is 5.77. The van der Waals surface area contributed by atoms with E-state index in [4.69, 9.17) is 18.9 Å². The first-order valence-corrected chi connectivity index (χ1v) is 11.5. The van der Waals surface area contributed by atoms with E-state index in [9.17, 15) is 10.0 Å². The van der Waals surface area contributed by atoms with Crippen LogP contribution >= 0.6 is 0 Å². The number of hydrogen-bond donors (Lipinski definition) is 1. The summed E-state index contributed by atoms with van der Waals surface area (Å²) in [6.07, 6.45) is 3.39. The van der Waals surface area contributed by atoms with Crippen LogP contribution in [0.15, 0.2) is 52.9 Å². The summed E-state index contributed by atoms with van der Waals surface area (Å²) >= 11 is 0. The largest absolute Gasteiger partial charge is 0.497 e. The van der Waals surface area contributed by atoms with E-state index in [0.29, 0.717) is 16.7 Å².